The highest BCUT2D eigenvalue weighted by Crippen LogP contribution is 2.27. The number of benzene rings is 3. The van der Waals surface area contributed by atoms with Gasteiger partial charge in [0.05, 0.1) is 10.0 Å². The van der Waals surface area contributed by atoms with Gasteiger partial charge in [0.15, 0.2) is 0 Å². The molecule has 0 saturated heterocycles. The Hall–Kier alpha value is -2.73. The van der Waals surface area contributed by atoms with Crippen molar-refractivity contribution in [3.05, 3.63) is 87.4 Å². The molecule has 1 amide bonds. The van der Waals surface area contributed by atoms with Gasteiger partial charge in [-0.1, -0.05) is 55.2 Å². The molecule has 5 nitrogen and oxygen atoms in total. The minimum atomic E-state index is -0.204. The third-order valence-corrected chi connectivity index (χ3v) is 6.21. The average molecular weight is 500 g/mol. The molecule has 3 rings (SSSR count). The zero-order chi connectivity index (χ0) is 24.5. The smallest absolute Gasteiger partial charge is 0.251 e. The number of phenols is 1. The quantitative estimate of drug-likeness (QED) is 0.265. The van der Waals surface area contributed by atoms with E-state index >= 15 is 0 Å². The van der Waals surface area contributed by atoms with Gasteiger partial charge in [-0.2, -0.15) is 0 Å². The van der Waals surface area contributed by atoms with Crippen LogP contribution in [-0.4, -0.2) is 29.0 Å². The SMILES string of the molecule is CCCN(CCC)Cc1cccc(CNC(=O)c2ccc(Nc3ccc(Cl)c(Cl)c3)cc2)c1O. The van der Waals surface area contributed by atoms with E-state index in [-0.39, 0.29) is 18.2 Å². The molecule has 3 N–H and O–H groups in total. The predicted octanol–water partition coefficient (Wildman–Crippen LogP) is 6.99. The fraction of sp³-hybridized carbons (Fsp3) is 0.296. The molecule has 0 aromatic heterocycles. The van der Waals surface area contributed by atoms with Gasteiger partial charge in [-0.05, 0) is 68.4 Å². The molecule has 34 heavy (non-hydrogen) atoms. The fourth-order valence-corrected chi connectivity index (χ4v) is 4.08. The van der Waals surface area contributed by atoms with Crippen molar-refractivity contribution < 1.29 is 9.90 Å². The van der Waals surface area contributed by atoms with Gasteiger partial charge in [0.25, 0.3) is 5.91 Å². The molecule has 0 spiro atoms. The van der Waals surface area contributed by atoms with Crippen molar-refractivity contribution in [1.29, 1.82) is 0 Å². The summed E-state index contributed by atoms with van der Waals surface area (Å²) in [4.78, 5) is 15.0. The monoisotopic (exact) mass is 499 g/mol. The molecule has 0 aliphatic carbocycles. The van der Waals surface area contributed by atoms with Crippen LogP contribution in [0.1, 0.15) is 48.2 Å². The summed E-state index contributed by atoms with van der Waals surface area (Å²) in [5, 5.41) is 17.9. The van der Waals surface area contributed by atoms with Crippen molar-refractivity contribution in [3.63, 3.8) is 0 Å². The van der Waals surface area contributed by atoms with Crippen LogP contribution < -0.4 is 10.6 Å². The van der Waals surface area contributed by atoms with Crippen LogP contribution in [0.3, 0.4) is 0 Å². The van der Waals surface area contributed by atoms with Crippen LogP contribution in [0.15, 0.2) is 60.7 Å². The van der Waals surface area contributed by atoms with Gasteiger partial charge in [-0.3, -0.25) is 9.69 Å². The first-order valence-electron chi connectivity index (χ1n) is 11.5. The number of anilines is 2. The number of amides is 1. The van der Waals surface area contributed by atoms with Crippen LogP contribution in [0.2, 0.25) is 10.0 Å². The zero-order valence-electron chi connectivity index (χ0n) is 19.6. The molecule has 0 radical (unpaired) electrons. The Bertz CT molecular complexity index is 1100. The molecular formula is C27H31Cl2N3O2. The Kier molecular flexibility index (Phi) is 9.63. The Balaban J connectivity index is 1.60. The first kappa shape index (κ1) is 25.9. The summed E-state index contributed by atoms with van der Waals surface area (Å²) in [6.45, 7) is 7.25. The lowest BCUT2D eigenvalue weighted by Crippen LogP contribution is -2.25. The minimum absolute atomic E-state index is 0.204. The number of nitrogens with one attached hydrogen (secondary N) is 2. The number of carbonyl (C=O) groups excluding carboxylic acids is 1. The Labute approximate surface area is 211 Å². The summed E-state index contributed by atoms with van der Waals surface area (Å²) in [6, 6.07) is 18.2. The molecule has 0 heterocycles. The summed E-state index contributed by atoms with van der Waals surface area (Å²) in [7, 11) is 0. The highest BCUT2D eigenvalue weighted by Gasteiger charge is 2.13. The number of carbonyl (C=O) groups is 1. The predicted molar refractivity (Wildman–Crippen MR) is 141 cm³/mol. The van der Waals surface area contributed by atoms with Gasteiger partial charge < -0.3 is 15.7 Å². The average Bonchev–Trinajstić information content (AvgIpc) is 2.82. The second-order valence-electron chi connectivity index (χ2n) is 8.21. The zero-order valence-corrected chi connectivity index (χ0v) is 21.1. The number of phenolic OH excluding ortho intramolecular Hbond substituents is 1. The Morgan fingerprint density at radius 1 is 0.882 bits per heavy atom. The molecule has 0 aliphatic rings. The number of rotatable bonds is 11. The first-order valence-corrected chi connectivity index (χ1v) is 12.3. The van der Waals surface area contributed by atoms with Gasteiger partial charge in [0.1, 0.15) is 5.75 Å². The standard InChI is InChI=1S/C27H31Cl2N3O2/c1-3-14-32(15-4-2)18-21-7-5-6-20(26(21)33)17-30-27(34)19-8-10-22(11-9-19)31-23-12-13-24(28)25(29)16-23/h5-13,16,31,33H,3-4,14-15,17-18H2,1-2H3,(H,30,34). The normalized spacial score (nSPS) is 11.0. The Morgan fingerprint density at radius 2 is 1.53 bits per heavy atom. The van der Waals surface area contributed by atoms with Crippen LogP contribution in [0, 0.1) is 0 Å². The minimum Gasteiger partial charge on any atom is -0.507 e. The van der Waals surface area contributed by atoms with Crippen LogP contribution in [0.25, 0.3) is 0 Å². The van der Waals surface area contributed by atoms with Gasteiger partial charge in [0.2, 0.25) is 0 Å². The van der Waals surface area contributed by atoms with Crippen molar-refractivity contribution in [2.75, 3.05) is 18.4 Å². The lowest BCUT2D eigenvalue weighted by Gasteiger charge is -2.22. The van der Waals surface area contributed by atoms with E-state index < -0.39 is 0 Å². The first-order chi connectivity index (χ1) is 16.4. The summed E-state index contributed by atoms with van der Waals surface area (Å²) in [5.41, 5.74) is 3.75. The topological polar surface area (TPSA) is 64.6 Å². The highest BCUT2D eigenvalue weighted by atomic mass is 35.5. The summed E-state index contributed by atoms with van der Waals surface area (Å²) >= 11 is 12.0. The van der Waals surface area contributed by atoms with Gasteiger partial charge in [0, 0.05) is 41.2 Å². The van der Waals surface area contributed by atoms with E-state index in [0.29, 0.717) is 27.7 Å². The maximum atomic E-state index is 12.7. The fourth-order valence-electron chi connectivity index (χ4n) is 3.78. The molecule has 0 bridgehead atoms. The van der Waals surface area contributed by atoms with Crippen molar-refractivity contribution in [1.82, 2.24) is 10.2 Å². The number of nitrogens with zero attached hydrogens (tertiary/aromatic N) is 1. The number of halogens is 2. The van der Waals surface area contributed by atoms with Crippen molar-refractivity contribution in [2.45, 2.75) is 39.8 Å². The second kappa shape index (κ2) is 12.7. The van der Waals surface area contributed by atoms with E-state index in [1.54, 1.807) is 24.3 Å². The number of aromatic hydroxyl groups is 1. The molecular weight excluding hydrogens is 469 g/mol. The van der Waals surface area contributed by atoms with E-state index in [4.69, 9.17) is 23.2 Å². The van der Waals surface area contributed by atoms with Gasteiger partial charge >= 0.3 is 0 Å². The van der Waals surface area contributed by atoms with Crippen molar-refractivity contribution >= 4 is 40.5 Å². The molecule has 0 atom stereocenters. The number of para-hydroxylation sites is 1. The van der Waals surface area contributed by atoms with Gasteiger partial charge in [-0.25, -0.2) is 0 Å². The second-order valence-corrected chi connectivity index (χ2v) is 9.03. The van der Waals surface area contributed by atoms with Crippen LogP contribution in [-0.2, 0) is 13.1 Å². The molecule has 3 aromatic carbocycles. The molecule has 3 aromatic rings. The van der Waals surface area contributed by atoms with E-state index in [9.17, 15) is 9.90 Å². The van der Waals surface area contributed by atoms with E-state index in [1.807, 2.05) is 36.4 Å². The van der Waals surface area contributed by atoms with E-state index in [0.717, 1.165) is 42.9 Å². The van der Waals surface area contributed by atoms with E-state index in [1.165, 1.54) is 0 Å². The Morgan fingerprint density at radius 3 is 2.18 bits per heavy atom. The van der Waals surface area contributed by atoms with Crippen LogP contribution in [0.4, 0.5) is 11.4 Å². The van der Waals surface area contributed by atoms with Crippen molar-refractivity contribution in [3.8, 4) is 5.75 Å². The maximum absolute atomic E-state index is 12.7. The molecule has 180 valence electrons. The van der Waals surface area contributed by atoms with Crippen LogP contribution >= 0.6 is 23.2 Å². The molecule has 0 unspecified atom stereocenters. The summed E-state index contributed by atoms with van der Waals surface area (Å²) < 4.78 is 0. The molecule has 7 heteroatoms. The number of hydrogen-bond acceptors (Lipinski definition) is 4. The lowest BCUT2D eigenvalue weighted by atomic mass is 10.1. The molecule has 0 saturated carbocycles. The summed E-state index contributed by atoms with van der Waals surface area (Å²) in [5.74, 6) is 0.0469. The molecule has 0 aliphatic heterocycles. The third kappa shape index (κ3) is 7.13. The maximum Gasteiger partial charge on any atom is 0.251 e. The largest absolute Gasteiger partial charge is 0.507 e. The van der Waals surface area contributed by atoms with Gasteiger partial charge in [-0.15, -0.1) is 0 Å². The van der Waals surface area contributed by atoms with Crippen molar-refractivity contribution in [2.24, 2.45) is 0 Å². The molecule has 0 fully saturated rings. The number of hydrogen-bond donors (Lipinski definition) is 3. The highest BCUT2D eigenvalue weighted by molar-refractivity contribution is 6.42. The van der Waals surface area contributed by atoms with E-state index in [2.05, 4.69) is 29.4 Å². The third-order valence-electron chi connectivity index (χ3n) is 5.47. The lowest BCUT2D eigenvalue weighted by molar-refractivity contribution is 0.0950. The van der Waals surface area contributed by atoms with Crippen LogP contribution in [0.5, 0.6) is 5.75 Å². The summed E-state index contributed by atoms with van der Waals surface area (Å²) in [6.07, 6.45) is 2.14.